The summed E-state index contributed by atoms with van der Waals surface area (Å²) in [6.07, 6.45) is 1.02. The summed E-state index contributed by atoms with van der Waals surface area (Å²) in [5.41, 5.74) is 6.50. The minimum atomic E-state index is -0.221. The van der Waals surface area contributed by atoms with E-state index in [4.69, 9.17) is 10.3 Å². The maximum Gasteiger partial charge on any atom is 0.240 e. The van der Waals surface area contributed by atoms with Gasteiger partial charge in [0.15, 0.2) is 5.82 Å². The van der Waals surface area contributed by atoms with E-state index in [-0.39, 0.29) is 12.4 Å². The molecule has 0 amide bonds. The number of rotatable bonds is 7. The topological polar surface area (TPSA) is 68.2 Å². The predicted octanol–water partition coefficient (Wildman–Crippen LogP) is 2.08. The summed E-state index contributed by atoms with van der Waals surface area (Å²) in [5, 5.41) is 3.90. The lowest BCUT2D eigenvalue weighted by Gasteiger charge is -2.19. The zero-order chi connectivity index (χ0) is 14.4. The molecule has 1 aromatic heterocycles. The van der Waals surface area contributed by atoms with Gasteiger partial charge in [-0.2, -0.15) is 4.98 Å². The van der Waals surface area contributed by atoms with Crippen molar-refractivity contribution in [3.05, 3.63) is 47.4 Å². The van der Waals surface area contributed by atoms with Crippen molar-refractivity contribution >= 4 is 0 Å². The van der Waals surface area contributed by atoms with Crippen molar-refractivity contribution in [2.75, 3.05) is 6.54 Å². The second-order valence-corrected chi connectivity index (χ2v) is 4.65. The lowest BCUT2D eigenvalue weighted by atomic mass is 10.2. The first-order valence-electron chi connectivity index (χ1n) is 6.69. The quantitative estimate of drug-likeness (QED) is 0.839. The highest BCUT2D eigenvalue weighted by Gasteiger charge is 2.11. The fourth-order valence-corrected chi connectivity index (χ4v) is 2.02. The Balaban J connectivity index is 2.00. The maximum absolute atomic E-state index is 12.9. The van der Waals surface area contributed by atoms with Gasteiger partial charge in [-0.1, -0.05) is 24.2 Å². The first-order valence-corrected chi connectivity index (χ1v) is 6.69. The smallest absolute Gasteiger partial charge is 0.240 e. The normalized spacial score (nSPS) is 11.2. The molecule has 0 fully saturated rings. The molecule has 2 aromatic rings. The summed E-state index contributed by atoms with van der Waals surface area (Å²) in [5.74, 6) is 0.848. The summed E-state index contributed by atoms with van der Waals surface area (Å²) in [7, 11) is 0. The van der Waals surface area contributed by atoms with Gasteiger partial charge in [-0.25, -0.2) is 4.39 Å². The third-order valence-electron chi connectivity index (χ3n) is 2.91. The van der Waals surface area contributed by atoms with Crippen LogP contribution in [0, 0.1) is 5.82 Å². The molecule has 108 valence electrons. The van der Waals surface area contributed by atoms with Gasteiger partial charge in [-0.05, 0) is 30.7 Å². The van der Waals surface area contributed by atoms with Gasteiger partial charge in [-0.15, -0.1) is 0 Å². The van der Waals surface area contributed by atoms with E-state index < -0.39 is 0 Å². The second-order valence-electron chi connectivity index (χ2n) is 4.65. The van der Waals surface area contributed by atoms with Crippen LogP contribution in [0.25, 0.3) is 0 Å². The minimum Gasteiger partial charge on any atom is -0.338 e. The Morgan fingerprint density at radius 3 is 2.60 bits per heavy atom. The average molecular weight is 278 g/mol. The Bertz CT molecular complexity index is 526. The average Bonchev–Trinajstić information content (AvgIpc) is 2.89. The van der Waals surface area contributed by atoms with Crippen LogP contribution >= 0.6 is 0 Å². The van der Waals surface area contributed by atoms with Crippen molar-refractivity contribution in [1.82, 2.24) is 15.0 Å². The van der Waals surface area contributed by atoms with Crippen LogP contribution in [0.2, 0.25) is 0 Å². The van der Waals surface area contributed by atoms with E-state index in [1.54, 1.807) is 12.1 Å². The summed E-state index contributed by atoms with van der Waals surface area (Å²) < 4.78 is 17.9. The van der Waals surface area contributed by atoms with Crippen molar-refractivity contribution in [2.45, 2.75) is 33.0 Å². The third kappa shape index (κ3) is 4.11. The zero-order valence-corrected chi connectivity index (χ0v) is 11.6. The molecule has 0 radical (unpaired) electrons. The van der Waals surface area contributed by atoms with E-state index in [9.17, 15) is 4.39 Å². The Kier molecular flexibility index (Phi) is 5.20. The van der Waals surface area contributed by atoms with Gasteiger partial charge in [0.2, 0.25) is 5.89 Å². The predicted molar refractivity (Wildman–Crippen MR) is 73.0 cm³/mol. The first kappa shape index (κ1) is 14.6. The molecule has 20 heavy (non-hydrogen) atoms. The maximum atomic E-state index is 12.9. The number of nitrogens with two attached hydrogens (primary N) is 1. The fraction of sp³-hybridized carbons (Fsp3) is 0.429. The van der Waals surface area contributed by atoms with Crippen LogP contribution in [0.3, 0.4) is 0 Å². The summed E-state index contributed by atoms with van der Waals surface area (Å²) >= 11 is 0. The Labute approximate surface area is 117 Å². The van der Waals surface area contributed by atoms with Gasteiger partial charge in [0, 0.05) is 6.54 Å². The molecule has 0 saturated heterocycles. The molecular weight excluding hydrogens is 259 g/mol. The molecule has 0 aliphatic carbocycles. The summed E-state index contributed by atoms with van der Waals surface area (Å²) in [6.45, 7) is 4.58. The van der Waals surface area contributed by atoms with E-state index in [1.165, 1.54) is 12.1 Å². The Morgan fingerprint density at radius 2 is 2.00 bits per heavy atom. The Hall–Kier alpha value is -1.79. The van der Waals surface area contributed by atoms with Gasteiger partial charge < -0.3 is 10.3 Å². The molecule has 0 atom stereocenters. The van der Waals surface area contributed by atoms with Crippen LogP contribution in [0.1, 0.15) is 30.6 Å². The Morgan fingerprint density at radius 1 is 1.25 bits per heavy atom. The molecule has 0 unspecified atom stereocenters. The van der Waals surface area contributed by atoms with Gasteiger partial charge in [0.05, 0.1) is 13.1 Å². The van der Waals surface area contributed by atoms with Gasteiger partial charge in [-0.3, -0.25) is 4.90 Å². The van der Waals surface area contributed by atoms with Crippen LogP contribution in [0.15, 0.2) is 28.8 Å². The molecule has 6 heteroatoms. The summed E-state index contributed by atoms with van der Waals surface area (Å²) in [6, 6.07) is 6.53. The highest BCUT2D eigenvalue weighted by Crippen LogP contribution is 2.10. The third-order valence-corrected chi connectivity index (χ3v) is 2.91. The monoisotopic (exact) mass is 278 g/mol. The van der Waals surface area contributed by atoms with E-state index in [0.717, 1.165) is 25.1 Å². The van der Waals surface area contributed by atoms with E-state index in [0.29, 0.717) is 18.3 Å². The standard InChI is InChI=1S/C14H19FN4O/c1-2-7-19(9-11-3-5-12(15)6-4-11)10-13-17-14(8-16)20-18-13/h3-6H,2,7-10,16H2,1H3. The molecule has 2 rings (SSSR count). The number of halogens is 1. The van der Waals surface area contributed by atoms with Gasteiger partial charge in [0.1, 0.15) is 5.82 Å². The van der Waals surface area contributed by atoms with Crippen molar-refractivity contribution in [3.8, 4) is 0 Å². The SMILES string of the molecule is CCCN(Cc1ccc(F)cc1)Cc1noc(CN)n1. The van der Waals surface area contributed by atoms with Crippen LogP contribution in [0.4, 0.5) is 4.39 Å². The number of nitrogens with zero attached hydrogens (tertiary/aromatic N) is 3. The first-order chi connectivity index (χ1) is 9.71. The van der Waals surface area contributed by atoms with Crippen molar-refractivity contribution < 1.29 is 8.91 Å². The largest absolute Gasteiger partial charge is 0.338 e. The number of aromatic nitrogens is 2. The molecule has 1 heterocycles. The molecular formula is C14H19FN4O. The second kappa shape index (κ2) is 7.12. The minimum absolute atomic E-state index is 0.221. The number of hydrogen-bond acceptors (Lipinski definition) is 5. The lowest BCUT2D eigenvalue weighted by Crippen LogP contribution is -2.24. The van der Waals surface area contributed by atoms with Crippen molar-refractivity contribution in [1.29, 1.82) is 0 Å². The van der Waals surface area contributed by atoms with Crippen LogP contribution in [-0.4, -0.2) is 21.6 Å². The van der Waals surface area contributed by atoms with Crippen molar-refractivity contribution in [3.63, 3.8) is 0 Å². The fourth-order valence-electron chi connectivity index (χ4n) is 2.02. The molecule has 5 nitrogen and oxygen atoms in total. The molecule has 1 aromatic carbocycles. The number of benzene rings is 1. The van der Waals surface area contributed by atoms with Crippen LogP contribution < -0.4 is 5.73 Å². The van der Waals surface area contributed by atoms with E-state index in [1.807, 2.05) is 0 Å². The van der Waals surface area contributed by atoms with E-state index >= 15 is 0 Å². The number of hydrogen-bond donors (Lipinski definition) is 1. The van der Waals surface area contributed by atoms with Crippen LogP contribution in [0.5, 0.6) is 0 Å². The van der Waals surface area contributed by atoms with Crippen molar-refractivity contribution in [2.24, 2.45) is 5.73 Å². The molecule has 0 aliphatic rings. The van der Waals surface area contributed by atoms with E-state index in [2.05, 4.69) is 22.0 Å². The lowest BCUT2D eigenvalue weighted by molar-refractivity contribution is 0.246. The molecule has 2 N–H and O–H groups in total. The highest BCUT2D eigenvalue weighted by atomic mass is 19.1. The van der Waals surface area contributed by atoms with Crippen LogP contribution in [-0.2, 0) is 19.6 Å². The molecule has 0 bridgehead atoms. The molecule has 0 saturated carbocycles. The van der Waals surface area contributed by atoms with Gasteiger partial charge >= 0.3 is 0 Å². The highest BCUT2D eigenvalue weighted by molar-refractivity contribution is 5.15. The zero-order valence-electron chi connectivity index (χ0n) is 11.6. The molecule has 0 spiro atoms. The summed E-state index contributed by atoms with van der Waals surface area (Å²) in [4.78, 5) is 6.39. The molecule has 0 aliphatic heterocycles. The van der Waals surface area contributed by atoms with Gasteiger partial charge in [0.25, 0.3) is 0 Å².